The van der Waals surface area contributed by atoms with Gasteiger partial charge >= 0.3 is 16.3 Å². The van der Waals surface area contributed by atoms with Crippen LogP contribution in [-0.4, -0.2) is 60.9 Å². The molecule has 0 aliphatic carbocycles. The third-order valence-electron chi connectivity index (χ3n) is 6.23. The lowest BCUT2D eigenvalue weighted by atomic mass is 9.93. The summed E-state index contributed by atoms with van der Waals surface area (Å²) in [6, 6.07) is 5.33. The monoisotopic (exact) mass is 583 g/mol. The number of halogens is 2. The maximum absolute atomic E-state index is 14.9. The summed E-state index contributed by atoms with van der Waals surface area (Å²) in [5, 5.41) is 12.2. The zero-order valence-electron chi connectivity index (χ0n) is 23.1. The van der Waals surface area contributed by atoms with Crippen LogP contribution in [0.25, 0.3) is 0 Å². The maximum Gasteiger partial charge on any atom is 0.422 e. The van der Waals surface area contributed by atoms with Gasteiger partial charge in [-0.25, -0.2) is 13.6 Å². The molecule has 2 aromatic carbocycles. The van der Waals surface area contributed by atoms with Crippen LogP contribution in [0.15, 0.2) is 30.3 Å². The molecule has 0 fully saturated rings. The van der Waals surface area contributed by atoms with Gasteiger partial charge in [0.1, 0.15) is 23.4 Å². The predicted octanol–water partition coefficient (Wildman–Crippen LogP) is 4.47. The van der Waals surface area contributed by atoms with Gasteiger partial charge in [0.15, 0.2) is 0 Å². The summed E-state index contributed by atoms with van der Waals surface area (Å²) in [7, 11) is -7.12. The summed E-state index contributed by atoms with van der Waals surface area (Å²) in [4.78, 5) is 25.8. The molecule has 9 nitrogen and oxygen atoms in total. The molecule has 1 atom stereocenters. The number of hydrogen-bond acceptors (Lipinski definition) is 5. The highest BCUT2D eigenvalue weighted by Crippen LogP contribution is 2.37. The number of nitrogens with one attached hydrogen (secondary N) is 1. The van der Waals surface area contributed by atoms with Gasteiger partial charge in [0.2, 0.25) is 5.91 Å². The Balaban J connectivity index is 2.13. The smallest absolute Gasteiger partial charge is 0.422 e. The Morgan fingerprint density at radius 1 is 1.15 bits per heavy atom. The number of carbonyl (C=O) groups excluding carboxylic acids is 1. The number of fused-ring (bicyclic) bond motifs is 1. The summed E-state index contributed by atoms with van der Waals surface area (Å²) in [6.07, 6.45) is -1.52. The number of nitrogens with zero attached hydrogens (tertiary/aromatic N) is 2. The normalized spacial score (nSPS) is 16.4. The van der Waals surface area contributed by atoms with Crippen molar-refractivity contribution in [2.75, 3.05) is 18.5 Å². The van der Waals surface area contributed by atoms with Crippen LogP contribution in [0.4, 0.5) is 19.3 Å². The van der Waals surface area contributed by atoms with E-state index in [1.165, 1.54) is 20.8 Å². The molecular formula is C26H35F2N3O6SSi. The molecule has 0 saturated carbocycles. The highest BCUT2D eigenvalue weighted by Gasteiger charge is 2.47. The Bertz CT molecular complexity index is 1370. The van der Waals surface area contributed by atoms with Crippen molar-refractivity contribution in [2.45, 2.75) is 65.3 Å². The van der Waals surface area contributed by atoms with E-state index in [0.29, 0.717) is 27.8 Å². The molecule has 0 radical (unpaired) electrons. The minimum absolute atomic E-state index is 0.0153. The summed E-state index contributed by atoms with van der Waals surface area (Å²) in [5.74, 6) is -1.96. The molecule has 0 spiro atoms. The van der Waals surface area contributed by atoms with Crippen molar-refractivity contribution in [3.05, 3.63) is 53.1 Å². The topological polar surface area (TPSA) is 116 Å². The number of rotatable bonds is 7. The zero-order chi connectivity index (χ0) is 29.5. The van der Waals surface area contributed by atoms with Gasteiger partial charge < -0.3 is 15.2 Å². The molecule has 39 heavy (non-hydrogen) atoms. The lowest BCUT2D eigenvalue weighted by Crippen LogP contribution is -2.57. The number of benzene rings is 2. The van der Waals surface area contributed by atoms with Gasteiger partial charge in [0, 0.05) is 17.4 Å². The van der Waals surface area contributed by atoms with E-state index in [9.17, 15) is 31.9 Å². The molecule has 2 aromatic rings. The average molecular weight is 584 g/mol. The van der Waals surface area contributed by atoms with Crippen molar-refractivity contribution < 1.29 is 36.6 Å². The highest BCUT2D eigenvalue weighted by molar-refractivity contribution is 7.87. The second kappa shape index (κ2) is 10.9. The van der Waals surface area contributed by atoms with E-state index >= 15 is 0 Å². The summed E-state index contributed by atoms with van der Waals surface area (Å²) in [5.41, 5.74) is -0.594. The van der Waals surface area contributed by atoms with E-state index < -0.39 is 53.5 Å². The Kier molecular flexibility index (Phi) is 8.49. The molecule has 2 amide bonds. The SMILES string of the molecule is CCOc1ccc2c(c1)CCN(S(=O)(=O)N(C(=O)O)C(C)(C)C)[C@H]2C(=O)Nc1cc(F)c([Si](C)(C)C)c(F)c1. The molecule has 2 N–H and O–H groups in total. The molecule has 1 heterocycles. The third kappa shape index (κ3) is 6.25. The first-order valence-electron chi connectivity index (χ1n) is 12.5. The van der Waals surface area contributed by atoms with E-state index in [-0.39, 0.29) is 23.8 Å². The summed E-state index contributed by atoms with van der Waals surface area (Å²) >= 11 is 0. The van der Waals surface area contributed by atoms with Crippen LogP contribution < -0.4 is 15.2 Å². The largest absolute Gasteiger partial charge is 0.494 e. The van der Waals surface area contributed by atoms with Crippen LogP contribution in [0.3, 0.4) is 0 Å². The third-order valence-corrected chi connectivity index (χ3v) is 10.4. The van der Waals surface area contributed by atoms with Crippen LogP contribution in [0.5, 0.6) is 5.75 Å². The fourth-order valence-corrected chi connectivity index (χ4v) is 8.24. The van der Waals surface area contributed by atoms with Gasteiger partial charge in [-0.2, -0.15) is 17.0 Å². The Hall–Kier alpha value is -3.03. The molecule has 214 valence electrons. The fourth-order valence-electron chi connectivity index (χ4n) is 4.77. The summed E-state index contributed by atoms with van der Waals surface area (Å²) < 4.78 is 63.9. The molecule has 3 rings (SSSR count). The van der Waals surface area contributed by atoms with Crippen molar-refractivity contribution >= 4 is 41.2 Å². The number of anilines is 1. The van der Waals surface area contributed by atoms with Gasteiger partial charge in [-0.3, -0.25) is 4.79 Å². The lowest BCUT2D eigenvalue weighted by Gasteiger charge is -2.41. The minimum atomic E-state index is -4.74. The van der Waals surface area contributed by atoms with E-state index in [4.69, 9.17) is 4.74 Å². The van der Waals surface area contributed by atoms with Gasteiger partial charge in [0.25, 0.3) is 0 Å². The van der Waals surface area contributed by atoms with E-state index in [1.807, 2.05) is 6.92 Å². The van der Waals surface area contributed by atoms with Crippen LogP contribution in [0, 0.1) is 11.6 Å². The molecule has 0 aromatic heterocycles. The van der Waals surface area contributed by atoms with Crippen molar-refractivity contribution in [1.82, 2.24) is 8.61 Å². The lowest BCUT2D eigenvalue weighted by molar-refractivity contribution is -0.120. The summed E-state index contributed by atoms with van der Waals surface area (Å²) in [6.45, 7) is 11.6. The maximum atomic E-state index is 14.9. The van der Waals surface area contributed by atoms with Crippen LogP contribution in [0.2, 0.25) is 19.6 Å². The number of carbonyl (C=O) groups is 2. The van der Waals surface area contributed by atoms with Gasteiger partial charge in [0.05, 0.1) is 20.2 Å². The fraction of sp³-hybridized carbons (Fsp3) is 0.462. The van der Waals surface area contributed by atoms with Crippen LogP contribution >= 0.6 is 0 Å². The number of carboxylic acid groups (broad SMARTS) is 1. The first-order chi connectivity index (χ1) is 17.9. The second-order valence-corrected chi connectivity index (χ2v) is 18.1. The van der Waals surface area contributed by atoms with Crippen molar-refractivity contribution in [3.8, 4) is 5.75 Å². The van der Waals surface area contributed by atoms with E-state index in [2.05, 4.69) is 5.32 Å². The van der Waals surface area contributed by atoms with E-state index in [1.54, 1.807) is 37.8 Å². The Morgan fingerprint density at radius 3 is 2.23 bits per heavy atom. The predicted molar refractivity (Wildman–Crippen MR) is 147 cm³/mol. The number of amides is 2. The average Bonchev–Trinajstić information content (AvgIpc) is 2.75. The molecular weight excluding hydrogens is 548 g/mol. The highest BCUT2D eigenvalue weighted by atomic mass is 32.2. The Labute approximate surface area is 229 Å². The van der Waals surface area contributed by atoms with Crippen molar-refractivity contribution in [1.29, 1.82) is 0 Å². The quantitative estimate of drug-likeness (QED) is 0.465. The first-order valence-corrected chi connectivity index (χ1v) is 17.4. The number of hydrogen-bond donors (Lipinski definition) is 2. The van der Waals surface area contributed by atoms with Crippen LogP contribution in [0.1, 0.15) is 44.9 Å². The van der Waals surface area contributed by atoms with Crippen molar-refractivity contribution in [3.63, 3.8) is 0 Å². The van der Waals surface area contributed by atoms with Crippen molar-refractivity contribution in [2.24, 2.45) is 0 Å². The minimum Gasteiger partial charge on any atom is -0.494 e. The molecule has 0 saturated heterocycles. The molecule has 1 aliphatic rings. The van der Waals surface area contributed by atoms with Crippen LogP contribution in [-0.2, 0) is 21.4 Å². The van der Waals surface area contributed by atoms with Gasteiger partial charge in [-0.05, 0) is 69.5 Å². The standard InChI is InChI=1S/C26H35F2N3O6SSi/c1-8-37-18-9-10-19-16(13-18)11-12-30(38(35,36)31(25(33)34)26(2,3)4)22(19)24(32)29-17-14-20(27)23(21(28)15-17)39(5,6)7/h9-10,13-15,22H,8,11-12H2,1-7H3,(H,29,32)(H,33,34)/t22-/m1/s1. The molecule has 0 bridgehead atoms. The zero-order valence-corrected chi connectivity index (χ0v) is 24.9. The Morgan fingerprint density at radius 2 is 1.74 bits per heavy atom. The number of ether oxygens (including phenoxy) is 1. The molecule has 13 heteroatoms. The second-order valence-electron chi connectivity index (χ2n) is 11.3. The first kappa shape index (κ1) is 30.5. The van der Waals surface area contributed by atoms with Gasteiger partial charge in [-0.1, -0.05) is 25.7 Å². The molecule has 0 unspecified atom stereocenters. The molecule has 1 aliphatic heterocycles. The van der Waals surface area contributed by atoms with Gasteiger partial charge in [-0.15, -0.1) is 0 Å². The van der Waals surface area contributed by atoms with E-state index in [0.717, 1.165) is 16.4 Å².